The largest absolute Gasteiger partial charge is 0.450 e. The monoisotopic (exact) mass is 456 g/mol. The molecule has 5 aromatic rings. The summed E-state index contributed by atoms with van der Waals surface area (Å²) in [5.41, 5.74) is 3.18. The average molecular weight is 456 g/mol. The van der Waals surface area contributed by atoms with Gasteiger partial charge in [0.2, 0.25) is 5.76 Å². The van der Waals surface area contributed by atoms with Gasteiger partial charge in [-0.15, -0.1) is 0 Å². The van der Waals surface area contributed by atoms with Gasteiger partial charge in [-0.3, -0.25) is 14.5 Å². The van der Waals surface area contributed by atoms with Crippen LogP contribution in [-0.4, -0.2) is 10.9 Å². The summed E-state index contributed by atoms with van der Waals surface area (Å²) in [5, 5.41) is 0.745. The lowest BCUT2D eigenvalue weighted by Crippen LogP contribution is -2.30. The smallest absolute Gasteiger partial charge is 0.297 e. The van der Waals surface area contributed by atoms with Gasteiger partial charge in [0.15, 0.2) is 10.6 Å². The molecule has 3 heterocycles. The lowest BCUT2D eigenvalue weighted by atomic mass is 9.98. The van der Waals surface area contributed by atoms with Gasteiger partial charge in [-0.1, -0.05) is 47.7 Å². The summed E-state index contributed by atoms with van der Waals surface area (Å²) in [6.45, 7) is 3.96. The molecule has 1 amide bonds. The van der Waals surface area contributed by atoms with Crippen LogP contribution < -0.4 is 10.3 Å². The van der Waals surface area contributed by atoms with Crippen LogP contribution in [0.25, 0.3) is 21.2 Å². The van der Waals surface area contributed by atoms with Crippen molar-refractivity contribution in [2.45, 2.75) is 19.9 Å². The highest BCUT2D eigenvalue weighted by Crippen LogP contribution is 2.44. The number of aromatic nitrogens is 1. The van der Waals surface area contributed by atoms with Gasteiger partial charge in [0.1, 0.15) is 17.4 Å². The van der Waals surface area contributed by atoms with Gasteiger partial charge in [-0.2, -0.15) is 0 Å². The Labute approximate surface area is 191 Å². The number of carbonyl (C=O) groups excluding carboxylic acids is 1. The van der Waals surface area contributed by atoms with Crippen molar-refractivity contribution in [2.24, 2.45) is 0 Å². The van der Waals surface area contributed by atoms with Gasteiger partial charge in [-0.25, -0.2) is 9.37 Å². The number of fused-ring (bicyclic) bond motifs is 3. The first kappa shape index (κ1) is 19.8. The van der Waals surface area contributed by atoms with E-state index in [2.05, 4.69) is 0 Å². The number of hydrogen-bond acceptors (Lipinski definition) is 5. The minimum absolute atomic E-state index is 0.0703. The van der Waals surface area contributed by atoms with Crippen molar-refractivity contribution in [2.75, 3.05) is 4.90 Å². The molecule has 0 bridgehead atoms. The second-order valence-corrected chi connectivity index (χ2v) is 9.20. The minimum Gasteiger partial charge on any atom is -0.450 e. The Morgan fingerprint density at radius 1 is 1.03 bits per heavy atom. The predicted octanol–water partition coefficient (Wildman–Crippen LogP) is 5.91. The van der Waals surface area contributed by atoms with E-state index in [4.69, 9.17) is 9.40 Å². The van der Waals surface area contributed by atoms with E-state index in [0.717, 1.165) is 21.3 Å². The Morgan fingerprint density at radius 2 is 1.79 bits per heavy atom. The van der Waals surface area contributed by atoms with Crippen LogP contribution in [0.4, 0.5) is 9.52 Å². The summed E-state index contributed by atoms with van der Waals surface area (Å²) in [4.78, 5) is 33.3. The molecule has 0 unspecified atom stereocenters. The van der Waals surface area contributed by atoms with Gasteiger partial charge in [0, 0.05) is 5.56 Å². The SMILES string of the molecule is Cc1cc(C)c2nc(N3C(=O)c4oc5ccccc5c(=O)c4[C@H]3c3ccccc3F)sc2c1. The molecule has 0 saturated carbocycles. The number of para-hydroxylation sites is 1. The van der Waals surface area contributed by atoms with Crippen LogP contribution in [0.2, 0.25) is 0 Å². The topological polar surface area (TPSA) is 63.4 Å². The minimum atomic E-state index is -0.975. The van der Waals surface area contributed by atoms with E-state index in [1.807, 2.05) is 26.0 Å². The molecule has 33 heavy (non-hydrogen) atoms. The fourth-order valence-electron chi connectivity index (χ4n) is 4.57. The molecule has 0 spiro atoms. The number of rotatable bonds is 2. The molecule has 0 aliphatic carbocycles. The van der Waals surface area contributed by atoms with Crippen LogP contribution in [0.5, 0.6) is 0 Å². The van der Waals surface area contributed by atoms with E-state index in [0.29, 0.717) is 16.1 Å². The second-order valence-electron chi connectivity index (χ2n) is 8.19. The number of benzene rings is 3. The van der Waals surface area contributed by atoms with Crippen molar-refractivity contribution >= 4 is 43.6 Å². The van der Waals surface area contributed by atoms with E-state index in [1.54, 1.807) is 42.5 Å². The molecule has 0 saturated heterocycles. The van der Waals surface area contributed by atoms with Gasteiger partial charge in [0.25, 0.3) is 5.91 Å². The Balaban J connectivity index is 1.67. The van der Waals surface area contributed by atoms with Crippen LogP contribution in [0.15, 0.2) is 69.9 Å². The molecule has 0 N–H and O–H groups in total. The van der Waals surface area contributed by atoms with Crippen molar-refractivity contribution in [1.29, 1.82) is 0 Å². The molecule has 0 fully saturated rings. The summed E-state index contributed by atoms with van der Waals surface area (Å²) < 4.78 is 21.9. The van der Waals surface area contributed by atoms with Crippen LogP contribution in [-0.2, 0) is 0 Å². The molecule has 3 aromatic carbocycles. The summed E-state index contributed by atoms with van der Waals surface area (Å²) in [5.74, 6) is -1.08. The zero-order valence-electron chi connectivity index (χ0n) is 17.8. The lowest BCUT2D eigenvalue weighted by molar-refractivity contribution is 0.0971. The summed E-state index contributed by atoms with van der Waals surface area (Å²) >= 11 is 1.34. The maximum Gasteiger partial charge on any atom is 0.297 e. The third-order valence-electron chi connectivity index (χ3n) is 6.00. The molecule has 5 nitrogen and oxygen atoms in total. The molecule has 0 radical (unpaired) electrons. The van der Waals surface area contributed by atoms with E-state index < -0.39 is 17.8 Å². The summed E-state index contributed by atoms with van der Waals surface area (Å²) in [7, 11) is 0. The molecule has 2 aromatic heterocycles. The fourth-order valence-corrected chi connectivity index (χ4v) is 5.74. The van der Waals surface area contributed by atoms with Gasteiger partial charge in [0.05, 0.1) is 21.2 Å². The zero-order valence-corrected chi connectivity index (χ0v) is 18.6. The number of thiazole rings is 1. The van der Waals surface area contributed by atoms with Crippen molar-refractivity contribution in [1.82, 2.24) is 4.98 Å². The van der Waals surface area contributed by atoms with Gasteiger partial charge < -0.3 is 4.42 Å². The summed E-state index contributed by atoms with van der Waals surface area (Å²) in [6, 6.07) is 16.0. The third-order valence-corrected chi connectivity index (χ3v) is 7.00. The Morgan fingerprint density at radius 3 is 2.61 bits per heavy atom. The van der Waals surface area contributed by atoms with E-state index in [9.17, 15) is 9.59 Å². The molecule has 1 aliphatic rings. The number of hydrogen-bond donors (Lipinski definition) is 0. The Bertz CT molecular complexity index is 1670. The van der Waals surface area contributed by atoms with Crippen molar-refractivity contribution < 1.29 is 13.6 Å². The highest BCUT2D eigenvalue weighted by molar-refractivity contribution is 7.22. The standard InChI is InChI=1S/C26H17FN2O3S/c1-13-11-14(2)21-19(12-13)33-26(28-21)29-22(15-7-3-5-9-17(15)27)20-23(30)16-8-4-6-10-18(16)32-24(20)25(29)31/h3-12,22H,1-2H3/t22-/m1/s1. The van der Waals surface area contributed by atoms with Gasteiger partial charge in [-0.05, 0) is 49.2 Å². The van der Waals surface area contributed by atoms with Crippen LogP contribution >= 0.6 is 11.3 Å². The first-order valence-electron chi connectivity index (χ1n) is 10.5. The maximum absolute atomic E-state index is 15.0. The maximum atomic E-state index is 15.0. The second kappa shape index (κ2) is 7.08. The molecule has 162 valence electrons. The molecule has 7 heteroatoms. The van der Waals surface area contributed by atoms with Crippen LogP contribution in [0, 0.1) is 19.7 Å². The van der Waals surface area contributed by atoms with Crippen molar-refractivity contribution in [3.63, 3.8) is 0 Å². The van der Waals surface area contributed by atoms with E-state index in [1.165, 1.54) is 22.3 Å². The first-order valence-corrected chi connectivity index (χ1v) is 11.3. The highest BCUT2D eigenvalue weighted by atomic mass is 32.1. The first-order chi connectivity index (χ1) is 15.9. The number of nitrogens with zero attached hydrogens (tertiary/aromatic N) is 2. The number of halogens is 1. The molecule has 1 aliphatic heterocycles. The average Bonchev–Trinajstić information content (AvgIpc) is 3.33. The molecular weight excluding hydrogens is 439 g/mol. The number of amides is 1. The van der Waals surface area contributed by atoms with E-state index >= 15 is 4.39 Å². The normalized spacial score (nSPS) is 15.5. The van der Waals surface area contributed by atoms with Crippen LogP contribution in [0.1, 0.15) is 38.9 Å². The zero-order chi connectivity index (χ0) is 22.9. The Hall–Kier alpha value is -3.84. The summed E-state index contributed by atoms with van der Waals surface area (Å²) in [6.07, 6.45) is 0. The Kier molecular flexibility index (Phi) is 4.25. The number of anilines is 1. The molecule has 1 atom stereocenters. The highest BCUT2D eigenvalue weighted by Gasteiger charge is 2.45. The predicted molar refractivity (Wildman–Crippen MR) is 127 cm³/mol. The fraction of sp³-hybridized carbons (Fsp3) is 0.115. The number of aryl methyl sites for hydroxylation is 2. The van der Waals surface area contributed by atoms with Gasteiger partial charge >= 0.3 is 0 Å². The third kappa shape index (κ3) is 2.85. The molecule has 6 rings (SSSR count). The molecular formula is C26H17FN2O3S. The number of carbonyl (C=O) groups is 1. The lowest BCUT2D eigenvalue weighted by Gasteiger charge is -2.22. The van der Waals surface area contributed by atoms with E-state index in [-0.39, 0.29) is 22.3 Å². The quantitative estimate of drug-likeness (QED) is 0.331. The van der Waals surface area contributed by atoms with Crippen LogP contribution in [0.3, 0.4) is 0 Å². The van der Waals surface area contributed by atoms with Crippen molar-refractivity contribution in [3.8, 4) is 0 Å². The van der Waals surface area contributed by atoms with Crippen molar-refractivity contribution in [3.05, 3.63) is 105 Å².